The molecule has 3 rings (SSSR count). The van der Waals surface area contributed by atoms with E-state index >= 15 is 0 Å². The molecule has 0 saturated heterocycles. The monoisotopic (exact) mass is 340 g/mol. The lowest BCUT2D eigenvalue weighted by Gasteiger charge is -2.14. The van der Waals surface area contributed by atoms with Gasteiger partial charge in [-0.25, -0.2) is 13.6 Å². The quantitative estimate of drug-likeness (QED) is 0.913. The largest absolute Gasteiger partial charge is 0.416 e. The molecule has 2 N–H and O–H groups in total. The standard InChI is InChI=1S/C15H11F3N2O2S/c16-15(17,18)11-4-10-7-20-8-14(10)13(6-11)9-2-1-3-12(5-9)23(19,21)22/h1-6,8H,7H2,(H2,19,21,22). The van der Waals surface area contributed by atoms with E-state index in [-0.39, 0.29) is 17.0 Å². The van der Waals surface area contributed by atoms with Crippen molar-refractivity contribution in [1.82, 2.24) is 0 Å². The average Bonchev–Trinajstić information content (AvgIpc) is 2.93. The summed E-state index contributed by atoms with van der Waals surface area (Å²) in [4.78, 5) is 3.84. The van der Waals surface area contributed by atoms with Crippen LogP contribution in [0.4, 0.5) is 13.2 Å². The maximum atomic E-state index is 13.1. The summed E-state index contributed by atoms with van der Waals surface area (Å²) in [7, 11) is -3.94. The summed E-state index contributed by atoms with van der Waals surface area (Å²) in [6, 6.07) is 7.59. The van der Waals surface area contributed by atoms with Crippen LogP contribution in [0.3, 0.4) is 0 Å². The number of sulfonamides is 1. The number of nitrogens with zero attached hydrogens (tertiary/aromatic N) is 1. The van der Waals surface area contributed by atoms with Crippen LogP contribution in [0.25, 0.3) is 11.1 Å². The highest BCUT2D eigenvalue weighted by Gasteiger charge is 2.32. The molecule has 8 heteroatoms. The van der Waals surface area contributed by atoms with Gasteiger partial charge in [0, 0.05) is 11.8 Å². The highest BCUT2D eigenvalue weighted by atomic mass is 32.2. The molecule has 0 spiro atoms. The van der Waals surface area contributed by atoms with Crippen molar-refractivity contribution in [3.05, 3.63) is 53.1 Å². The summed E-state index contributed by atoms with van der Waals surface area (Å²) in [5.41, 5.74) is 0.840. The van der Waals surface area contributed by atoms with Gasteiger partial charge in [0.15, 0.2) is 0 Å². The maximum absolute atomic E-state index is 13.1. The third kappa shape index (κ3) is 2.99. The Morgan fingerprint density at radius 2 is 1.87 bits per heavy atom. The van der Waals surface area contributed by atoms with E-state index in [1.807, 2.05) is 0 Å². The van der Waals surface area contributed by atoms with Crippen LogP contribution in [0.2, 0.25) is 0 Å². The van der Waals surface area contributed by atoms with Gasteiger partial charge in [0.1, 0.15) is 0 Å². The smallest absolute Gasteiger partial charge is 0.288 e. The fourth-order valence-corrected chi connectivity index (χ4v) is 3.03. The van der Waals surface area contributed by atoms with Crippen molar-refractivity contribution >= 4 is 16.2 Å². The van der Waals surface area contributed by atoms with Crippen molar-refractivity contribution in [1.29, 1.82) is 0 Å². The summed E-state index contributed by atoms with van der Waals surface area (Å²) >= 11 is 0. The van der Waals surface area contributed by atoms with E-state index in [4.69, 9.17) is 5.14 Å². The van der Waals surface area contributed by atoms with Gasteiger partial charge in [-0.1, -0.05) is 12.1 Å². The molecule has 0 aromatic heterocycles. The van der Waals surface area contributed by atoms with Gasteiger partial charge in [-0.05, 0) is 41.0 Å². The summed E-state index contributed by atoms with van der Waals surface area (Å²) in [6.07, 6.45) is -3.00. The lowest BCUT2D eigenvalue weighted by atomic mass is 9.94. The fraction of sp³-hybridized carbons (Fsp3) is 0.133. The molecule has 0 radical (unpaired) electrons. The number of alkyl halides is 3. The lowest BCUT2D eigenvalue weighted by Crippen LogP contribution is -2.12. The molecule has 0 amide bonds. The molecule has 1 aliphatic heterocycles. The Balaban J connectivity index is 2.24. The van der Waals surface area contributed by atoms with E-state index in [0.717, 1.165) is 12.1 Å². The van der Waals surface area contributed by atoms with Crippen LogP contribution in [-0.4, -0.2) is 14.6 Å². The molecule has 0 unspecified atom stereocenters. The molecule has 120 valence electrons. The van der Waals surface area contributed by atoms with Crippen LogP contribution < -0.4 is 5.14 Å². The van der Waals surface area contributed by atoms with Crippen LogP contribution in [0.15, 0.2) is 46.3 Å². The zero-order valence-electron chi connectivity index (χ0n) is 11.6. The number of benzene rings is 2. The van der Waals surface area contributed by atoms with Crippen LogP contribution in [0.5, 0.6) is 0 Å². The number of primary sulfonamides is 1. The molecule has 0 saturated carbocycles. The summed E-state index contributed by atoms with van der Waals surface area (Å²) in [5.74, 6) is 0. The minimum atomic E-state index is -4.50. The van der Waals surface area contributed by atoms with Crippen molar-refractivity contribution in [2.45, 2.75) is 17.6 Å². The summed E-state index contributed by atoms with van der Waals surface area (Å²) in [6.45, 7) is 0.168. The normalized spacial score (nSPS) is 14.1. The number of rotatable bonds is 2. The van der Waals surface area contributed by atoms with Gasteiger partial charge in [-0.3, -0.25) is 4.99 Å². The minimum absolute atomic E-state index is 0.156. The maximum Gasteiger partial charge on any atom is 0.416 e. The van der Waals surface area contributed by atoms with Gasteiger partial charge in [0.25, 0.3) is 0 Å². The molecule has 4 nitrogen and oxygen atoms in total. The zero-order chi connectivity index (χ0) is 16.8. The number of hydrogen-bond donors (Lipinski definition) is 1. The Morgan fingerprint density at radius 3 is 2.52 bits per heavy atom. The first kappa shape index (κ1) is 15.7. The summed E-state index contributed by atoms with van der Waals surface area (Å²) in [5, 5.41) is 5.08. The first-order valence-corrected chi connectivity index (χ1v) is 8.08. The van der Waals surface area contributed by atoms with E-state index in [9.17, 15) is 21.6 Å². The molecular weight excluding hydrogens is 329 g/mol. The molecule has 0 fully saturated rings. The third-order valence-electron chi connectivity index (χ3n) is 3.55. The van der Waals surface area contributed by atoms with Crippen molar-refractivity contribution in [3.63, 3.8) is 0 Å². The van der Waals surface area contributed by atoms with Crippen LogP contribution in [0.1, 0.15) is 16.7 Å². The number of aliphatic imine (C=N–C) groups is 1. The van der Waals surface area contributed by atoms with Gasteiger partial charge < -0.3 is 0 Å². The third-order valence-corrected chi connectivity index (χ3v) is 4.46. The van der Waals surface area contributed by atoms with Gasteiger partial charge in [0.05, 0.1) is 17.0 Å². The van der Waals surface area contributed by atoms with Gasteiger partial charge >= 0.3 is 6.18 Å². The van der Waals surface area contributed by atoms with E-state index < -0.39 is 21.8 Å². The molecule has 2 aromatic rings. The van der Waals surface area contributed by atoms with Crippen LogP contribution >= 0.6 is 0 Å². The predicted molar refractivity (Wildman–Crippen MR) is 79.6 cm³/mol. The van der Waals surface area contributed by atoms with Crippen molar-refractivity contribution in [2.75, 3.05) is 0 Å². The van der Waals surface area contributed by atoms with Gasteiger partial charge in [-0.15, -0.1) is 0 Å². The fourth-order valence-electron chi connectivity index (χ4n) is 2.48. The number of fused-ring (bicyclic) bond motifs is 1. The lowest BCUT2D eigenvalue weighted by molar-refractivity contribution is -0.137. The predicted octanol–water partition coefficient (Wildman–Crippen LogP) is 2.95. The second kappa shape index (κ2) is 5.17. The topological polar surface area (TPSA) is 72.5 Å². The molecule has 23 heavy (non-hydrogen) atoms. The molecular formula is C15H11F3N2O2S. The molecule has 0 aliphatic carbocycles. The number of hydrogen-bond acceptors (Lipinski definition) is 3. The molecule has 0 atom stereocenters. The number of halogens is 3. The van der Waals surface area contributed by atoms with Crippen LogP contribution in [0, 0.1) is 0 Å². The highest BCUT2D eigenvalue weighted by molar-refractivity contribution is 7.89. The SMILES string of the molecule is NS(=O)(=O)c1cccc(-c2cc(C(F)(F)F)cc3c2C=NC3)c1. The molecule has 0 bridgehead atoms. The number of nitrogens with two attached hydrogens (primary N) is 1. The zero-order valence-corrected chi connectivity index (χ0v) is 12.4. The molecule has 1 aliphatic rings. The Labute approximate surface area is 130 Å². The average molecular weight is 340 g/mol. The Bertz CT molecular complexity index is 919. The molecule has 1 heterocycles. The second-order valence-corrected chi connectivity index (χ2v) is 6.70. The van der Waals surface area contributed by atoms with E-state index in [0.29, 0.717) is 16.7 Å². The molecule has 2 aromatic carbocycles. The van der Waals surface area contributed by atoms with Crippen molar-refractivity contribution < 1.29 is 21.6 Å². The first-order chi connectivity index (χ1) is 10.7. The van der Waals surface area contributed by atoms with Crippen molar-refractivity contribution in [2.24, 2.45) is 10.1 Å². The highest BCUT2D eigenvalue weighted by Crippen LogP contribution is 2.37. The van der Waals surface area contributed by atoms with Gasteiger partial charge in [-0.2, -0.15) is 13.2 Å². The minimum Gasteiger partial charge on any atom is -0.288 e. The second-order valence-electron chi connectivity index (χ2n) is 5.14. The van der Waals surface area contributed by atoms with Gasteiger partial charge in [0.2, 0.25) is 10.0 Å². The first-order valence-electron chi connectivity index (χ1n) is 6.53. The Kier molecular flexibility index (Phi) is 3.53. The van der Waals surface area contributed by atoms with Crippen LogP contribution in [-0.2, 0) is 22.7 Å². The van der Waals surface area contributed by atoms with E-state index in [1.165, 1.54) is 30.5 Å². The summed E-state index contributed by atoms with van der Waals surface area (Å²) < 4.78 is 62.1. The Hall–Kier alpha value is -2.19. The van der Waals surface area contributed by atoms with E-state index in [1.54, 1.807) is 0 Å². The Morgan fingerprint density at radius 1 is 1.13 bits per heavy atom. The van der Waals surface area contributed by atoms with Crippen molar-refractivity contribution in [3.8, 4) is 11.1 Å². The van der Waals surface area contributed by atoms with E-state index in [2.05, 4.69) is 4.99 Å².